The first-order valence-electron chi connectivity index (χ1n) is 17.0. The van der Waals surface area contributed by atoms with Gasteiger partial charge in [-0.15, -0.1) is 0 Å². The van der Waals surface area contributed by atoms with E-state index < -0.39 is 26.5 Å². The molecule has 9 nitrogen and oxygen atoms in total. The highest BCUT2D eigenvalue weighted by atomic mass is 31.2. The maximum absolute atomic E-state index is 12.4. The van der Waals surface area contributed by atoms with E-state index in [0.717, 1.165) is 32.1 Å². The molecular formula is C32H64NO8P. The predicted molar refractivity (Wildman–Crippen MR) is 169 cm³/mol. The third kappa shape index (κ3) is 29.1. The Morgan fingerprint density at radius 2 is 1.02 bits per heavy atom. The van der Waals surface area contributed by atoms with Gasteiger partial charge in [0, 0.05) is 19.4 Å². The van der Waals surface area contributed by atoms with Crippen LogP contribution in [0.1, 0.15) is 162 Å². The van der Waals surface area contributed by atoms with Gasteiger partial charge in [-0.3, -0.25) is 18.6 Å². The van der Waals surface area contributed by atoms with Gasteiger partial charge in [-0.25, -0.2) is 4.57 Å². The first-order chi connectivity index (χ1) is 20.3. The lowest BCUT2D eigenvalue weighted by molar-refractivity contribution is -0.161. The van der Waals surface area contributed by atoms with E-state index in [4.69, 9.17) is 24.3 Å². The lowest BCUT2D eigenvalue weighted by atomic mass is 10.1. The Morgan fingerprint density at radius 1 is 0.619 bits per heavy atom. The number of ether oxygens (including phenoxy) is 2. The molecule has 10 heteroatoms. The van der Waals surface area contributed by atoms with Crippen LogP contribution in [0.2, 0.25) is 0 Å². The van der Waals surface area contributed by atoms with Gasteiger partial charge in [0.05, 0.1) is 13.2 Å². The van der Waals surface area contributed by atoms with E-state index in [9.17, 15) is 19.0 Å². The van der Waals surface area contributed by atoms with Gasteiger partial charge < -0.3 is 20.1 Å². The Hall–Kier alpha value is -0.990. The zero-order valence-electron chi connectivity index (χ0n) is 27.0. The molecule has 0 saturated carbocycles. The number of rotatable bonds is 32. The van der Waals surface area contributed by atoms with Crippen molar-refractivity contribution in [3.05, 3.63) is 0 Å². The van der Waals surface area contributed by atoms with Gasteiger partial charge in [0.2, 0.25) is 0 Å². The molecule has 0 rings (SSSR count). The summed E-state index contributed by atoms with van der Waals surface area (Å²) < 4.78 is 32.5. The summed E-state index contributed by atoms with van der Waals surface area (Å²) in [6.45, 7) is 3.70. The van der Waals surface area contributed by atoms with Crippen molar-refractivity contribution in [2.75, 3.05) is 26.4 Å². The second kappa shape index (κ2) is 30.1. The summed E-state index contributed by atoms with van der Waals surface area (Å²) in [5, 5.41) is 0. The molecule has 0 aliphatic heterocycles. The molecule has 0 aromatic heterocycles. The minimum absolute atomic E-state index is 0.0574. The standard InChI is InChI=1S/C32H64NO8P/c1-3-5-7-9-11-13-15-17-19-21-23-25-32(35)41-30(29-40-42(36,37)39-27-26-33)28-38-31(34)24-22-20-18-16-14-12-10-8-6-4-2/h30H,3-29,33H2,1-2H3,(H,36,37)/t30-/m0/s1. The van der Waals surface area contributed by atoms with Gasteiger partial charge in [-0.2, -0.15) is 0 Å². The minimum Gasteiger partial charge on any atom is -0.462 e. The Bertz CT molecular complexity index is 679. The smallest absolute Gasteiger partial charge is 0.462 e. The molecule has 0 saturated heterocycles. The number of carbonyl (C=O) groups is 2. The van der Waals surface area contributed by atoms with Gasteiger partial charge in [-0.05, 0) is 12.8 Å². The van der Waals surface area contributed by atoms with Crippen molar-refractivity contribution < 1.29 is 37.6 Å². The van der Waals surface area contributed by atoms with Crippen LogP contribution in [0.15, 0.2) is 0 Å². The number of hydrogen-bond donors (Lipinski definition) is 2. The van der Waals surface area contributed by atoms with E-state index in [1.807, 2.05) is 0 Å². The lowest BCUT2D eigenvalue weighted by Gasteiger charge is -2.19. The van der Waals surface area contributed by atoms with Crippen LogP contribution in [0, 0.1) is 0 Å². The summed E-state index contributed by atoms with van der Waals surface area (Å²) in [5.41, 5.74) is 5.31. The van der Waals surface area contributed by atoms with Crippen molar-refractivity contribution in [2.24, 2.45) is 5.73 Å². The van der Waals surface area contributed by atoms with E-state index in [1.165, 1.54) is 96.3 Å². The van der Waals surface area contributed by atoms with Gasteiger partial charge >= 0.3 is 19.8 Å². The highest BCUT2D eigenvalue weighted by molar-refractivity contribution is 7.47. The largest absolute Gasteiger partial charge is 0.472 e. The van der Waals surface area contributed by atoms with Crippen LogP contribution in [0.25, 0.3) is 0 Å². The summed E-state index contributed by atoms with van der Waals surface area (Å²) >= 11 is 0. The molecule has 0 spiro atoms. The van der Waals surface area contributed by atoms with E-state index in [2.05, 4.69) is 13.8 Å². The number of hydrogen-bond acceptors (Lipinski definition) is 8. The van der Waals surface area contributed by atoms with Crippen molar-refractivity contribution in [1.82, 2.24) is 0 Å². The summed E-state index contributed by atoms with van der Waals surface area (Å²) in [5.74, 6) is -0.826. The maximum atomic E-state index is 12.4. The number of phosphoric acid groups is 1. The molecule has 0 amide bonds. The summed E-state index contributed by atoms with van der Waals surface area (Å²) in [6.07, 6.45) is 24.2. The van der Waals surface area contributed by atoms with Crippen molar-refractivity contribution in [3.8, 4) is 0 Å². The molecule has 42 heavy (non-hydrogen) atoms. The van der Waals surface area contributed by atoms with Crippen LogP contribution in [0.5, 0.6) is 0 Å². The normalized spacial score (nSPS) is 13.5. The Morgan fingerprint density at radius 3 is 1.45 bits per heavy atom. The second-order valence-electron chi connectivity index (χ2n) is 11.4. The number of carbonyl (C=O) groups excluding carboxylic acids is 2. The third-order valence-electron chi connectivity index (χ3n) is 7.24. The molecule has 0 fully saturated rings. The molecule has 3 N–H and O–H groups in total. The quantitative estimate of drug-likeness (QED) is 0.0430. The molecular weight excluding hydrogens is 557 g/mol. The molecule has 0 radical (unpaired) electrons. The predicted octanol–water partition coefficient (Wildman–Crippen LogP) is 8.55. The fourth-order valence-corrected chi connectivity index (χ4v) is 5.46. The van der Waals surface area contributed by atoms with Gasteiger partial charge in [0.25, 0.3) is 0 Å². The first kappa shape index (κ1) is 41.0. The van der Waals surface area contributed by atoms with Crippen LogP contribution in [-0.2, 0) is 32.7 Å². The fraction of sp³-hybridized carbons (Fsp3) is 0.938. The van der Waals surface area contributed by atoms with Gasteiger partial charge in [0.1, 0.15) is 6.61 Å². The average Bonchev–Trinajstić information content (AvgIpc) is 2.97. The topological polar surface area (TPSA) is 134 Å². The van der Waals surface area contributed by atoms with Crippen LogP contribution >= 0.6 is 7.82 Å². The van der Waals surface area contributed by atoms with Crippen LogP contribution in [0.3, 0.4) is 0 Å². The molecule has 0 aliphatic carbocycles. The number of nitrogens with two attached hydrogens (primary N) is 1. The Balaban J connectivity index is 4.27. The molecule has 250 valence electrons. The Kier molecular flexibility index (Phi) is 29.3. The van der Waals surface area contributed by atoms with E-state index in [0.29, 0.717) is 6.42 Å². The molecule has 0 heterocycles. The van der Waals surface area contributed by atoms with E-state index in [-0.39, 0.29) is 38.6 Å². The molecule has 1 unspecified atom stereocenters. The van der Waals surface area contributed by atoms with Crippen LogP contribution in [-0.4, -0.2) is 49.3 Å². The van der Waals surface area contributed by atoms with Gasteiger partial charge in [0.15, 0.2) is 6.10 Å². The molecule has 0 aromatic carbocycles. The zero-order chi connectivity index (χ0) is 31.2. The van der Waals surface area contributed by atoms with Crippen LogP contribution < -0.4 is 5.73 Å². The summed E-state index contributed by atoms with van der Waals surface area (Å²) in [4.78, 5) is 34.5. The van der Waals surface area contributed by atoms with Crippen molar-refractivity contribution in [3.63, 3.8) is 0 Å². The first-order valence-corrected chi connectivity index (χ1v) is 18.5. The average molecular weight is 622 g/mol. The number of phosphoric ester groups is 1. The highest BCUT2D eigenvalue weighted by Crippen LogP contribution is 2.43. The third-order valence-corrected chi connectivity index (χ3v) is 8.23. The minimum atomic E-state index is -4.35. The summed E-state index contributed by atoms with van der Waals surface area (Å²) in [6, 6.07) is 0. The van der Waals surface area contributed by atoms with Crippen molar-refractivity contribution in [1.29, 1.82) is 0 Å². The SMILES string of the molecule is CCCCCCCCCCCCCC(=O)O[C@@H](COC(=O)CCCCCCCCCCCC)COP(=O)(O)OCCN. The maximum Gasteiger partial charge on any atom is 0.472 e. The monoisotopic (exact) mass is 621 g/mol. The molecule has 0 aliphatic rings. The van der Waals surface area contributed by atoms with Crippen LogP contribution in [0.4, 0.5) is 0 Å². The molecule has 2 atom stereocenters. The fourth-order valence-electron chi connectivity index (χ4n) is 4.69. The number of unbranched alkanes of at least 4 members (excludes halogenated alkanes) is 19. The van der Waals surface area contributed by atoms with Crippen molar-refractivity contribution in [2.45, 2.75) is 168 Å². The summed E-state index contributed by atoms with van der Waals surface area (Å²) in [7, 11) is -4.35. The second-order valence-corrected chi connectivity index (χ2v) is 12.9. The van der Waals surface area contributed by atoms with E-state index in [1.54, 1.807) is 0 Å². The van der Waals surface area contributed by atoms with E-state index >= 15 is 0 Å². The Labute approximate surface area is 257 Å². The molecule has 0 aromatic rings. The van der Waals surface area contributed by atoms with Gasteiger partial charge in [-0.1, -0.05) is 136 Å². The van der Waals surface area contributed by atoms with Crippen molar-refractivity contribution >= 4 is 19.8 Å². The highest BCUT2D eigenvalue weighted by Gasteiger charge is 2.25. The number of esters is 2. The molecule has 0 bridgehead atoms. The zero-order valence-corrected chi connectivity index (χ0v) is 27.9. The lowest BCUT2D eigenvalue weighted by Crippen LogP contribution is -2.29.